The predicted octanol–water partition coefficient (Wildman–Crippen LogP) is 2.68. The fourth-order valence-corrected chi connectivity index (χ4v) is 2.28. The lowest BCUT2D eigenvalue weighted by atomic mass is 9.93. The number of ketones is 1. The Morgan fingerprint density at radius 1 is 1.53 bits per heavy atom. The number of pyridine rings is 1. The van der Waals surface area contributed by atoms with Crippen LogP contribution in [0.15, 0.2) is 12.3 Å². The van der Waals surface area contributed by atoms with Gasteiger partial charge in [0.25, 0.3) is 0 Å². The third-order valence-electron chi connectivity index (χ3n) is 3.16. The molecule has 1 aliphatic rings. The van der Waals surface area contributed by atoms with Crippen LogP contribution in [0.2, 0.25) is 5.02 Å². The van der Waals surface area contributed by atoms with E-state index in [1.54, 1.807) is 6.92 Å². The lowest BCUT2D eigenvalue weighted by Crippen LogP contribution is -2.36. The molecule has 17 heavy (non-hydrogen) atoms. The molecular weight excluding hydrogens is 243 g/mol. The first kappa shape index (κ1) is 12.3. The number of halogens is 2. The largest absolute Gasteiger partial charge is 0.354 e. The number of piperidine rings is 1. The molecule has 0 saturated carbocycles. The van der Waals surface area contributed by atoms with E-state index in [1.165, 1.54) is 12.3 Å². The number of hydrogen-bond donors (Lipinski definition) is 0. The van der Waals surface area contributed by atoms with Gasteiger partial charge < -0.3 is 4.90 Å². The molecule has 3 nitrogen and oxygen atoms in total. The molecule has 1 fully saturated rings. The smallest absolute Gasteiger partial charge is 0.167 e. The van der Waals surface area contributed by atoms with Gasteiger partial charge in [0, 0.05) is 25.2 Å². The average Bonchev–Trinajstić information content (AvgIpc) is 2.29. The van der Waals surface area contributed by atoms with Crippen LogP contribution in [-0.2, 0) is 4.79 Å². The lowest BCUT2D eigenvalue weighted by molar-refractivity contribution is -0.121. The molecule has 0 aromatic carbocycles. The van der Waals surface area contributed by atoms with Gasteiger partial charge in [0.15, 0.2) is 11.6 Å². The Balaban J connectivity index is 2.08. The number of anilines is 1. The van der Waals surface area contributed by atoms with Crippen molar-refractivity contribution in [2.24, 2.45) is 5.92 Å². The standard InChI is InChI=1S/C12H14ClFN2O/c1-8(17)9-2-4-16(5-3-9)12-11(14)6-10(13)7-15-12/h6-7,9H,2-5H2,1H3. The summed E-state index contributed by atoms with van der Waals surface area (Å²) < 4.78 is 13.6. The zero-order chi connectivity index (χ0) is 12.4. The van der Waals surface area contributed by atoms with E-state index in [-0.39, 0.29) is 11.7 Å². The second-order valence-corrected chi connectivity index (χ2v) is 4.77. The fraction of sp³-hybridized carbons (Fsp3) is 0.500. The van der Waals surface area contributed by atoms with Crippen LogP contribution >= 0.6 is 11.6 Å². The summed E-state index contributed by atoms with van der Waals surface area (Å²) in [6, 6.07) is 1.26. The summed E-state index contributed by atoms with van der Waals surface area (Å²) in [7, 11) is 0. The Kier molecular flexibility index (Phi) is 3.62. The molecule has 0 bridgehead atoms. The molecule has 5 heteroatoms. The Bertz CT molecular complexity index is 431. The summed E-state index contributed by atoms with van der Waals surface area (Å²) in [6.07, 6.45) is 2.97. The molecule has 0 spiro atoms. The summed E-state index contributed by atoms with van der Waals surface area (Å²) in [6.45, 7) is 2.94. The predicted molar refractivity (Wildman–Crippen MR) is 64.8 cm³/mol. The summed E-state index contributed by atoms with van der Waals surface area (Å²) in [4.78, 5) is 17.1. The molecule has 0 N–H and O–H groups in total. The normalized spacial score (nSPS) is 17.2. The van der Waals surface area contributed by atoms with Gasteiger partial charge in [0.2, 0.25) is 0 Å². The number of carbonyl (C=O) groups excluding carboxylic acids is 1. The minimum Gasteiger partial charge on any atom is -0.354 e. The number of aromatic nitrogens is 1. The minimum absolute atomic E-state index is 0.113. The third-order valence-corrected chi connectivity index (χ3v) is 3.36. The van der Waals surface area contributed by atoms with Crippen molar-refractivity contribution in [2.45, 2.75) is 19.8 Å². The van der Waals surface area contributed by atoms with Gasteiger partial charge >= 0.3 is 0 Å². The second kappa shape index (κ2) is 5.00. The van der Waals surface area contributed by atoms with Crippen molar-refractivity contribution in [3.8, 4) is 0 Å². The quantitative estimate of drug-likeness (QED) is 0.816. The molecule has 0 amide bonds. The van der Waals surface area contributed by atoms with E-state index in [2.05, 4.69) is 4.98 Å². The van der Waals surface area contributed by atoms with Gasteiger partial charge in [-0.3, -0.25) is 4.79 Å². The maximum Gasteiger partial charge on any atom is 0.167 e. The maximum absolute atomic E-state index is 13.6. The fourth-order valence-electron chi connectivity index (χ4n) is 2.14. The SMILES string of the molecule is CC(=O)C1CCN(c2ncc(Cl)cc2F)CC1. The number of rotatable bonds is 2. The first-order valence-corrected chi connectivity index (χ1v) is 6.02. The van der Waals surface area contributed by atoms with Crippen molar-refractivity contribution in [2.75, 3.05) is 18.0 Å². The van der Waals surface area contributed by atoms with Crippen molar-refractivity contribution in [3.05, 3.63) is 23.1 Å². The van der Waals surface area contributed by atoms with Gasteiger partial charge in [0.1, 0.15) is 5.78 Å². The zero-order valence-corrected chi connectivity index (χ0v) is 10.4. The molecule has 0 aliphatic carbocycles. The number of hydrogen-bond acceptors (Lipinski definition) is 3. The van der Waals surface area contributed by atoms with Crippen LogP contribution in [0.3, 0.4) is 0 Å². The molecule has 1 aromatic heterocycles. The highest BCUT2D eigenvalue weighted by atomic mass is 35.5. The van der Waals surface area contributed by atoms with E-state index < -0.39 is 5.82 Å². The van der Waals surface area contributed by atoms with Crippen LogP contribution in [-0.4, -0.2) is 23.9 Å². The van der Waals surface area contributed by atoms with E-state index in [9.17, 15) is 9.18 Å². The highest BCUT2D eigenvalue weighted by Crippen LogP contribution is 2.25. The van der Waals surface area contributed by atoms with E-state index >= 15 is 0 Å². The third kappa shape index (κ3) is 2.75. The average molecular weight is 257 g/mol. The van der Waals surface area contributed by atoms with Gasteiger partial charge in [-0.1, -0.05) is 11.6 Å². The van der Waals surface area contributed by atoms with Crippen LogP contribution in [0.25, 0.3) is 0 Å². The van der Waals surface area contributed by atoms with Crippen LogP contribution in [0.5, 0.6) is 0 Å². The summed E-state index contributed by atoms with van der Waals surface area (Å²) in [5.41, 5.74) is 0. The topological polar surface area (TPSA) is 33.2 Å². The molecule has 0 atom stereocenters. The number of nitrogens with zero attached hydrogens (tertiary/aromatic N) is 2. The van der Waals surface area contributed by atoms with Crippen molar-refractivity contribution in [1.82, 2.24) is 4.98 Å². The highest BCUT2D eigenvalue weighted by molar-refractivity contribution is 6.30. The van der Waals surface area contributed by atoms with Crippen LogP contribution in [0, 0.1) is 11.7 Å². The maximum atomic E-state index is 13.6. The molecule has 2 heterocycles. The molecule has 0 unspecified atom stereocenters. The molecule has 0 radical (unpaired) electrons. The Morgan fingerprint density at radius 2 is 2.18 bits per heavy atom. The van der Waals surface area contributed by atoms with E-state index in [1.807, 2.05) is 4.90 Å². The van der Waals surface area contributed by atoms with Crippen molar-refractivity contribution in [3.63, 3.8) is 0 Å². The summed E-state index contributed by atoms with van der Waals surface area (Å²) in [5, 5.41) is 0.296. The molecule has 92 valence electrons. The Labute approximate surface area is 105 Å². The first-order valence-electron chi connectivity index (χ1n) is 5.64. The van der Waals surface area contributed by atoms with E-state index in [0.29, 0.717) is 23.9 Å². The first-order chi connectivity index (χ1) is 8.08. The minimum atomic E-state index is -0.404. The lowest BCUT2D eigenvalue weighted by Gasteiger charge is -2.31. The zero-order valence-electron chi connectivity index (χ0n) is 9.62. The van der Waals surface area contributed by atoms with Crippen molar-refractivity contribution in [1.29, 1.82) is 0 Å². The molecule has 2 rings (SSSR count). The van der Waals surface area contributed by atoms with Crippen LogP contribution < -0.4 is 4.90 Å². The molecule has 1 aliphatic heterocycles. The van der Waals surface area contributed by atoms with Crippen LogP contribution in [0.1, 0.15) is 19.8 Å². The van der Waals surface area contributed by atoms with Crippen LogP contribution in [0.4, 0.5) is 10.2 Å². The van der Waals surface area contributed by atoms with Gasteiger partial charge in [-0.15, -0.1) is 0 Å². The van der Waals surface area contributed by atoms with Crippen molar-refractivity contribution >= 4 is 23.2 Å². The van der Waals surface area contributed by atoms with Gasteiger partial charge in [0.05, 0.1) is 5.02 Å². The second-order valence-electron chi connectivity index (χ2n) is 4.33. The molecule has 1 saturated heterocycles. The van der Waals surface area contributed by atoms with Gasteiger partial charge in [-0.25, -0.2) is 9.37 Å². The number of Topliss-reactive ketones (excluding diaryl/α,β-unsaturated/α-hetero) is 1. The van der Waals surface area contributed by atoms with E-state index in [0.717, 1.165) is 12.8 Å². The van der Waals surface area contributed by atoms with Gasteiger partial charge in [-0.2, -0.15) is 0 Å². The van der Waals surface area contributed by atoms with Crippen molar-refractivity contribution < 1.29 is 9.18 Å². The monoisotopic (exact) mass is 256 g/mol. The Hall–Kier alpha value is -1.16. The molecular formula is C12H14ClFN2O. The van der Waals surface area contributed by atoms with E-state index in [4.69, 9.17) is 11.6 Å². The summed E-state index contributed by atoms with van der Waals surface area (Å²) >= 11 is 5.65. The number of carbonyl (C=O) groups is 1. The highest BCUT2D eigenvalue weighted by Gasteiger charge is 2.24. The summed E-state index contributed by atoms with van der Waals surface area (Å²) in [5.74, 6) is 0.256. The van der Waals surface area contributed by atoms with Gasteiger partial charge in [-0.05, 0) is 25.8 Å². The molecule has 1 aromatic rings. The Morgan fingerprint density at radius 3 is 2.71 bits per heavy atom.